The highest BCUT2D eigenvalue weighted by atomic mass is 16.4. The molecule has 0 aliphatic carbocycles. The van der Waals surface area contributed by atoms with Crippen molar-refractivity contribution in [2.45, 2.75) is 44.7 Å². The molecular formula is C12H20N2O3. The lowest BCUT2D eigenvalue weighted by Crippen LogP contribution is -2.49. The zero-order valence-electron chi connectivity index (χ0n) is 10.2. The maximum Gasteiger partial charge on any atom is 0.315 e. The van der Waals surface area contributed by atoms with Crippen molar-refractivity contribution >= 4 is 11.9 Å². The molecule has 0 aromatic rings. The number of carbonyl (C=O) groups excluding carboxylic acids is 1. The second-order valence-corrected chi connectivity index (χ2v) is 5.12. The molecule has 0 aromatic carbocycles. The normalized spacial score (nSPS) is 30.6. The van der Waals surface area contributed by atoms with E-state index in [9.17, 15) is 9.59 Å². The van der Waals surface area contributed by atoms with E-state index in [1.807, 2.05) is 0 Å². The van der Waals surface area contributed by atoms with Gasteiger partial charge in [0.05, 0.1) is 0 Å². The summed E-state index contributed by atoms with van der Waals surface area (Å²) in [6, 6.07) is 0.748. The van der Waals surface area contributed by atoms with Crippen LogP contribution < -0.4 is 5.32 Å². The lowest BCUT2D eigenvalue weighted by Gasteiger charge is -2.35. The molecule has 3 atom stereocenters. The summed E-state index contributed by atoms with van der Waals surface area (Å²) < 4.78 is 0. The summed E-state index contributed by atoms with van der Waals surface area (Å²) >= 11 is 0. The number of fused-ring (bicyclic) bond motifs is 1. The van der Waals surface area contributed by atoms with Crippen LogP contribution in [-0.2, 0) is 9.59 Å². The van der Waals surface area contributed by atoms with E-state index in [0.717, 1.165) is 19.4 Å². The number of carboxylic acid groups (broad SMARTS) is 1. The number of aliphatic carboxylic acids is 1. The molecule has 3 unspecified atom stereocenters. The van der Waals surface area contributed by atoms with Crippen molar-refractivity contribution in [1.82, 2.24) is 10.2 Å². The molecule has 2 saturated heterocycles. The topological polar surface area (TPSA) is 69.6 Å². The van der Waals surface area contributed by atoms with Gasteiger partial charge in [-0.3, -0.25) is 9.59 Å². The van der Waals surface area contributed by atoms with Crippen molar-refractivity contribution in [1.29, 1.82) is 0 Å². The molecule has 2 N–H and O–H groups in total. The van der Waals surface area contributed by atoms with Crippen molar-refractivity contribution < 1.29 is 14.7 Å². The molecule has 5 nitrogen and oxygen atoms in total. The largest absolute Gasteiger partial charge is 0.481 e. The minimum Gasteiger partial charge on any atom is -0.481 e. The predicted molar refractivity (Wildman–Crippen MR) is 62.6 cm³/mol. The summed E-state index contributed by atoms with van der Waals surface area (Å²) in [4.78, 5) is 24.8. The van der Waals surface area contributed by atoms with Crippen LogP contribution in [-0.4, -0.2) is 47.1 Å². The molecular weight excluding hydrogens is 220 g/mol. The molecule has 0 saturated carbocycles. The number of nitrogens with one attached hydrogen (secondary N) is 1. The minimum atomic E-state index is -1.05. The minimum absolute atomic E-state index is 0.156. The Morgan fingerprint density at radius 3 is 2.82 bits per heavy atom. The van der Waals surface area contributed by atoms with E-state index < -0.39 is 11.9 Å². The number of piperidine rings is 1. The molecule has 5 heteroatoms. The third-order valence-corrected chi connectivity index (χ3v) is 3.93. The molecule has 2 rings (SSSR count). The summed E-state index contributed by atoms with van der Waals surface area (Å²) in [5.74, 6) is -2.36. The Morgan fingerprint density at radius 2 is 2.12 bits per heavy atom. The van der Waals surface area contributed by atoms with E-state index >= 15 is 0 Å². The average molecular weight is 240 g/mol. The van der Waals surface area contributed by atoms with Gasteiger partial charge in [-0.05, 0) is 39.2 Å². The first-order valence-corrected chi connectivity index (χ1v) is 6.35. The highest BCUT2D eigenvalue weighted by molar-refractivity contribution is 5.96. The second kappa shape index (κ2) is 5.04. The lowest BCUT2D eigenvalue weighted by molar-refractivity contribution is -0.146. The van der Waals surface area contributed by atoms with E-state index in [-0.39, 0.29) is 11.9 Å². The van der Waals surface area contributed by atoms with Gasteiger partial charge in [-0.25, -0.2) is 0 Å². The quantitative estimate of drug-likeness (QED) is 0.703. The average Bonchev–Trinajstić information content (AvgIpc) is 2.74. The zero-order valence-corrected chi connectivity index (χ0v) is 10.2. The first-order valence-electron chi connectivity index (χ1n) is 6.35. The van der Waals surface area contributed by atoms with E-state index in [0.29, 0.717) is 6.04 Å². The summed E-state index contributed by atoms with van der Waals surface area (Å²) in [5, 5.41) is 11.6. The number of hydrogen-bond acceptors (Lipinski definition) is 3. The van der Waals surface area contributed by atoms with Crippen molar-refractivity contribution in [3.63, 3.8) is 0 Å². The molecule has 2 aliphatic rings. The molecule has 17 heavy (non-hydrogen) atoms. The fourth-order valence-corrected chi connectivity index (χ4v) is 2.79. The highest BCUT2D eigenvalue weighted by Crippen LogP contribution is 2.26. The van der Waals surface area contributed by atoms with Gasteiger partial charge in [0.2, 0.25) is 5.91 Å². The van der Waals surface area contributed by atoms with Crippen LogP contribution in [0.25, 0.3) is 0 Å². The zero-order chi connectivity index (χ0) is 12.4. The third-order valence-electron chi connectivity index (χ3n) is 3.93. The van der Waals surface area contributed by atoms with E-state index in [1.54, 1.807) is 0 Å². The molecule has 2 fully saturated rings. The van der Waals surface area contributed by atoms with Crippen LogP contribution >= 0.6 is 0 Å². The Bertz CT molecular complexity index is 319. The molecule has 2 aliphatic heterocycles. The van der Waals surface area contributed by atoms with Crippen LogP contribution in [0.1, 0.15) is 32.6 Å². The summed E-state index contributed by atoms with van der Waals surface area (Å²) in [5.41, 5.74) is 0. The van der Waals surface area contributed by atoms with Crippen LogP contribution in [0.4, 0.5) is 0 Å². The maximum atomic E-state index is 11.6. The molecule has 1 amide bonds. The van der Waals surface area contributed by atoms with Crippen LogP contribution in [0, 0.1) is 5.92 Å². The Hall–Kier alpha value is -1.10. The van der Waals surface area contributed by atoms with Crippen LogP contribution in [0.3, 0.4) is 0 Å². The third kappa shape index (κ3) is 2.77. The summed E-state index contributed by atoms with van der Waals surface area (Å²) in [6.07, 6.45) is 4.37. The van der Waals surface area contributed by atoms with Gasteiger partial charge in [-0.1, -0.05) is 0 Å². The van der Waals surface area contributed by atoms with E-state index in [2.05, 4.69) is 10.2 Å². The fraction of sp³-hybridized carbons (Fsp3) is 0.833. The lowest BCUT2D eigenvalue weighted by atomic mass is 9.97. The van der Waals surface area contributed by atoms with Crippen LogP contribution in [0.15, 0.2) is 0 Å². The summed E-state index contributed by atoms with van der Waals surface area (Å²) in [6.45, 7) is 3.64. The Balaban J connectivity index is 1.84. The van der Waals surface area contributed by atoms with Crippen molar-refractivity contribution in [2.24, 2.45) is 5.92 Å². The van der Waals surface area contributed by atoms with E-state index in [1.165, 1.54) is 26.3 Å². The molecule has 96 valence electrons. The van der Waals surface area contributed by atoms with Gasteiger partial charge in [-0.15, -0.1) is 0 Å². The van der Waals surface area contributed by atoms with Crippen LogP contribution in [0.5, 0.6) is 0 Å². The number of rotatable bonds is 3. The molecule has 0 aromatic heterocycles. The highest BCUT2D eigenvalue weighted by Gasteiger charge is 2.33. The van der Waals surface area contributed by atoms with Crippen molar-refractivity contribution in [2.75, 3.05) is 13.1 Å². The van der Waals surface area contributed by atoms with Gasteiger partial charge in [0.15, 0.2) is 0 Å². The smallest absolute Gasteiger partial charge is 0.315 e. The van der Waals surface area contributed by atoms with Crippen molar-refractivity contribution in [3.8, 4) is 0 Å². The molecule has 0 spiro atoms. The monoisotopic (exact) mass is 240 g/mol. The Morgan fingerprint density at radius 1 is 1.35 bits per heavy atom. The summed E-state index contributed by atoms with van der Waals surface area (Å²) in [7, 11) is 0. The van der Waals surface area contributed by atoms with Gasteiger partial charge in [0.25, 0.3) is 0 Å². The van der Waals surface area contributed by atoms with Gasteiger partial charge in [0.1, 0.15) is 5.92 Å². The molecule has 0 bridgehead atoms. The fourth-order valence-electron chi connectivity index (χ4n) is 2.79. The second-order valence-electron chi connectivity index (χ2n) is 5.12. The van der Waals surface area contributed by atoms with Gasteiger partial charge < -0.3 is 15.3 Å². The van der Waals surface area contributed by atoms with Gasteiger partial charge >= 0.3 is 5.97 Å². The van der Waals surface area contributed by atoms with Crippen molar-refractivity contribution in [3.05, 3.63) is 0 Å². The maximum absolute atomic E-state index is 11.6. The standard InChI is InChI=1S/C12H20N2O3/c1-8(12(16)17)11(15)13-9-4-6-14-5-2-3-10(14)7-9/h8-10H,2-7H2,1H3,(H,13,15)(H,16,17). The number of amides is 1. The van der Waals surface area contributed by atoms with Gasteiger partial charge in [-0.2, -0.15) is 0 Å². The van der Waals surface area contributed by atoms with Gasteiger partial charge in [0, 0.05) is 18.6 Å². The number of hydrogen-bond donors (Lipinski definition) is 2. The Kier molecular flexibility index (Phi) is 3.66. The predicted octanol–water partition coefficient (Wildman–Crippen LogP) is 0.450. The molecule has 2 heterocycles. The Labute approximate surface area is 101 Å². The first kappa shape index (κ1) is 12.4. The first-order chi connectivity index (χ1) is 8.08. The number of carboxylic acids is 1. The van der Waals surface area contributed by atoms with Crippen LogP contribution in [0.2, 0.25) is 0 Å². The number of carbonyl (C=O) groups is 2. The number of nitrogens with zero attached hydrogens (tertiary/aromatic N) is 1. The molecule has 0 radical (unpaired) electrons. The SMILES string of the molecule is CC(C(=O)O)C(=O)NC1CCN2CCCC2C1. The van der Waals surface area contributed by atoms with E-state index in [4.69, 9.17) is 5.11 Å².